The predicted molar refractivity (Wildman–Crippen MR) is 114 cm³/mol. The van der Waals surface area contributed by atoms with Gasteiger partial charge in [0.05, 0.1) is 5.69 Å². The molecule has 2 aromatic carbocycles. The van der Waals surface area contributed by atoms with E-state index >= 15 is 0 Å². The zero-order chi connectivity index (χ0) is 20.1. The van der Waals surface area contributed by atoms with Gasteiger partial charge >= 0.3 is 0 Å². The molecule has 0 radical (unpaired) electrons. The van der Waals surface area contributed by atoms with Gasteiger partial charge in [0, 0.05) is 17.9 Å². The highest BCUT2D eigenvalue weighted by Crippen LogP contribution is 2.27. The van der Waals surface area contributed by atoms with Gasteiger partial charge in [-0.1, -0.05) is 68.4 Å². The van der Waals surface area contributed by atoms with Gasteiger partial charge in [0.1, 0.15) is 6.04 Å². The van der Waals surface area contributed by atoms with Crippen LogP contribution in [0.4, 0.5) is 5.13 Å². The topological polar surface area (TPSA) is 71.1 Å². The Morgan fingerprint density at radius 3 is 2.14 bits per heavy atom. The molecule has 1 heterocycles. The number of rotatable bonds is 6. The van der Waals surface area contributed by atoms with Crippen molar-refractivity contribution < 1.29 is 9.59 Å². The van der Waals surface area contributed by atoms with Gasteiger partial charge in [0.2, 0.25) is 11.8 Å². The SMILES string of the molecule is CC(=O)NC(C(=O)Nc1nc(-c2ccc(-c3ccccc3)cc2)cs1)C(C)C. The molecule has 0 aliphatic rings. The fraction of sp³-hybridized carbons (Fsp3) is 0.227. The maximum absolute atomic E-state index is 12.5. The van der Waals surface area contributed by atoms with Gasteiger partial charge in [-0.3, -0.25) is 9.59 Å². The van der Waals surface area contributed by atoms with Crippen molar-refractivity contribution in [2.24, 2.45) is 5.92 Å². The van der Waals surface area contributed by atoms with Crippen LogP contribution in [0.2, 0.25) is 0 Å². The number of hydrogen-bond donors (Lipinski definition) is 2. The Morgan fingerprint density at radius 1 is 0.929 bits per heavy atom. The van der Waals surface area contributed by atoms with E-state index in [-0.39, 0.29) is 17.7 Å². The molecule has 0 saturated heterocycles. The van der Waals surface area contributed by atoms with Crippen LogP contribution in [0.5, 0.6) is 0 Å². The van der Waals surface area contributed by atoms with Gasteiger partial charge in [-0.25, -0.2) is 4.98 Å². The normalized spacial score (nSPS) is 11.9. The number of nitrogens with zero attached hydrogens (tertiary/aromatic N) is 1. The Balaban J connectivity index is 1.71. The number of amides is 2. The second-order valence-electron chi connectivity index (χ2n) is 6.89. The zero-order valence-electron chi connectivity index (χ0n) is 16.1. The minimum absolute atomic E-state index is 0.0196. The molecule has 0 saturated carbocycles. The van der Waals surface area contributed by atoms with E-state index in [9.17, 15) is 9.59 Å². The smallest absolute Gasteiger partial charge is 0.248 e. The molecule has 2 N–H and O–H groups in total. The van der Waals surface area contributed by atoms with Crippen molar-refractivity contribution in [3.05, 3.63) is 60.0 Å². The van der Waals surface area contributed by atoms with E-state index in [1.54, 1.807) is 0 Å². The summed E-state index contributed by atoms with van der Waals surface area (Å²) >= 11 is 1.37. The highest BCUT2D eigenvalue weighted by molar-refractivity contribution is 7.14. The van der Waals surface area contributed by atoms with Crippen molar-refractivity contribution in [1.82, 2.24) is 10.3 Å². The van der Waals surface area contributed by atoms with Crippen molar-refractivity contribution in [2.75, 3.05) is 5.32 Å². The van der Waals surface area contributed by atoms with Crippen LogP contribution in [0.15, 0.2) is 60.0 Å². The molecule has 2 amide bonds. The summed E-state index contributed by atoms with van der Waals surface area (Å²) in [7, 11) is 0. The Labute approximate surface area is 168 Å². The Hall–Kier alpha value is -2.99. The van der Waals surface area contributed by atoms with E-state index in [1.165, 1.54) is 18.3 Å². The monoisotopic (exact) mass is 393 g/mol. The lowest BCUT2D eigenvalue weighted by molar-refractivity contribution is -0.126. The lowest BCUT2D eigenvalue weighted by Crippen LogP contribution is -2.46. The van der Waals surface area contributed by atoms with Crippen molar-refractivity contribution in [3.8, 4) is 22.4 Å². The van der Waals surface area contributed by atoms with Gasteiger partial charge < -0.3 is 10.6 Å². The maximum atomic E-state index is 12.5. The molecule has 0 bridgehead atoms. The summed E-state index contributed by atoms with van der Waals surface area (Å²) in [5.74, 6) is -0.508. The predicted octanol–water partition coefficient (Wildman–Crippen LogP) is 4.58. The number of carbonyl (C=O) groups excluding carboxylic acids is 2. The van der Waals surface area contributed by atoms with E-state index < -0.39 is 6.04 Å². The third kappa shape index (κ3) is 4.84. The van der Waals surface area contributed by atoms with E-state index in [0.717, 1.165) is 22.4 Å². The van der Waals surface area contributed by atoms with Crippen molar-refractivity contribution in [2.45, 2.75) is 26.8 Å². The van der Waals surface area contributed by atoms with Crippen molar-refractivity contribution in [1.29, 1.82) is 0 Å². The van der Waals surface area contributed by atoms with E-state index in [0.29, 0.717) is 5.13 Å². The number of hydrogen-bond acceptors (Lipinski definition) is 4. The van der Waals surface area contributed by atoms with Crippen LogP contribution in [0.25, 0.3) is 22.4 Å². The standard InChI is InChI=1S/C22H23N3O2S/c1-14(2)20(23-15(3)26)21(27)25-22-24-19(13-28-22)18-11-9-17(10-12-18)16-7-5-4-6-8-16/h4-14,20H,1-3H3,(H,23,26)(H,24,25,27). The molecule has 0 aliphatic heterocycles. The van der Waals surface area contributed by atoms with Crippen molar-refractivity contribution in [3.63, 3.8) is 0 Å². The summed E-state index contributed by atoms with van der Waals surface area (Å²) in [6, 6.07) is 17.8. The number of carbonyl (C=O) groups is 2. The number of aromatic nitrogens is 1. The van der Waals surface area contributed by atoms with Crippen LogP contribution in [0.3, 0.4) is 0 Å². The van der Waals surface area contributed by atoms with Crippen LogP contribution in [0.1, 0.15) is 20.8 Å². The third-order valence-electron chi connectivity index (χ3n) is 4.33. The van der Waals surface area contributed by atoms with E-state index in [1.807, 2.05) is 49.6 Å². The Morgan fingerprint density at radius 2 is 1.54 bits per heavy atom. The molecule has 1 atom stereocenters. The average molecular weight is 394 g/mol. The molecule has 0 fully saturated rings. The quantitative estimate of drug-likeness (QED) is 0.644. The molecule has 5 nitrogen and oxygen atoms in total. The van der Waals surface area contributed by atoms with Crippen LogP contribution in [-0.4, -0.2) is 22.8 Å². The third-order valence-corrected chi connectivity index (χ3v) is 5.09. The number of benzene rings is 2. The zero-order valence-corrected chi connectivity index (χ0v) is 16.9. The first-order chi connectivity index (χ1) is 13.4. The number of thiazole rings is 1. The summed E-state index contributed by atoms with van der Waals surface area (Å²) in [5, 5.41) is 7.92. The highest BCUT2D eigenvalue weighted by atomic mass is 32.1. The summed E-state index contributed by atoms with van der Waals surface area (Å²) in [5.41, 5.74) is 4.10. The molecule has 28 heavy (non-hydrogen) atoms. The first-order valence-electron chi connectivity index (χ1n) is 9.13. The Kier molecular flexibility index (Phi) is 6.21. The lowest BCUT2D eigenvalue weighted by atomic mass is 10.0. The molecule has 0 aliphatic carbocycles. The number of anilines is 1. The summed E-state index contributed by atoms with van der Waals surface area (Å²) in [6.45, 7) is 5.19. The van der Waals surface area contributed by atoms with Gasteiger partial charge in [-0.15, -0.1) is 11.3 Å². The molecule has 1 unspecified atom stereocenters. The largest absolute Gasteiger partial charge is 0.344 e. The molecule has 3 rings (SSSR count). The molecular formula is C22H23N3O2S. The average Bonchev–Trinajstić information content (AvgIpc) is 3.15. The Bertz CT molecular complexity index is 949. The van der Waals surface area contributed by atoms with Gasteiger partial charge in [-0.05, 0) is 17.0 Å². The molecular weight excluding hydrogens is 370 g/mol. The van der Waals surface area contributed by atoms with Gasteiger partial charge in [0.15, 0.2) is 5.13 Å². The first-order valence-corrected chi connectivity index (χ1v) is 10.0. The van der Waals surface area contributed by atoms with Crippen molar-refractivity contribution >= 4 is 28.3 Å². The molecule has 144 valence electrons. The molecule has 3 aromatic rings. The number of nitrogens with one attached hydrogen (secondary N) is 2. The fourth-order valence-electron chi connectivity index (χ4n) is 2.86. The second-order valence-corrected chi connectivity index (χ2v) is 7.75. The maximum Gasteiger partial charge on any atom is 0.248 e. The highest BCUT2D eigenvalue weighted by Gasteiger charge is 2.23. The van der Waals surface area contributed by atoms with Crippen LogP contribution in [-0.2, 0) is 9.59 Å². The summed E-state index contributed by atoms with van der Waals surface area (Å²) in [6.07, 6.45) is 0. The summed E-state index contributed by atoms with van der Waals surface area (Å²) < 4.78 is 0. The molecule has 6 heteroatoms. The van der Waals surface area contributed by atoms with E-state index in [2.05, 4.69) is 39.9 Å². The minimum Gasteiger partial charge on any atom is -0.344 e. The van der Waals surface area contributed by atoms with Crippen LogP contribution in [0, 0.1) is 5.92 Å². The second kappa shape index (κ2) is 8.80. The molecule has 1 aromatic heterocycles. The summed E-state index contributed by atoms with van der Waals surface area (Å²) in [4.78, 5) is 28.3. The van der Waals surface area contributed by atoms with Crippen LogP contribution >= 0.6 is 11.3 Å². The minimum atomic E-state index is -0.588. The van der Waals surface area contributed by atoms with Crippen LogP contribution < -0.4 is 10.6 Å². The lowest BCUT2D eigenvalue weighted by Gasteiger charge is -2.20. The molecule has 0 spiro atoms. The fourth-order valence-corrected chi connectivity index (χ4v) is 3.59. The van der Waals surface area contributed by atoms with Gasteiger partial charge in [-0.2, -0.15) is 0 Å². The van der Waals surface area contributed by atoms with E-state index in [4.69, 9.17) is 0 Å². The first kappa shape index (κ1) is 19.8. The van der Waals surface area contributed by atoms with Gasteiger partial charge in [0.25, 0.3) is 0 Å².